The number of carboxylic acids is 1. The first-order valence-electron chi connectivity index (χ1n) is 6.03. The van der Waals surface area contributed by atoms with Gasteiger partial charge in [0.15, 0.2) is 0 Å². The van der Waals surface area contributed by atoms with Crippen LogP contribution in [0, 0.1) is 5.41 Å². The lowest BCUT2D eigenvalue weighted by molar-refractivity contribution is -0.146. The van der Waals surface area contributed by atoms with Crippen molar-refractivity contribution in [2.45, 2.75) is 32.7 Å². The summed E-state index contributed by atoms with van der Waals surface area (Å²) in [7, 11) is 0. The molecule has 1 aromatic rings. The van der Waals surface area contributed by atoms with E-state index in [1.807, 2.05) is 0 Å². The Morgan fingerprint density at radius 1 is 1.44 bits per heavy atom. The van der Waals surface area contributed by atoms with Gasteiger partial charge in [-0.2, -0.15) is 0 Å². The second-order valence-corrected chi connectivity index (χ2v) is 5.25. The summed E-state index contributed by atoms with van der Waals surface area (Å²) in [6.07, 6.45) is 3.83. The maximum Gasteiger partial charge on any atom is 0.310 e. The van der Waals surface area contributed by atoms with Gasteiger partial charge in [-0.25, -0.2) is 9.97 Å². The van der Waals surface area contributed by atoms with Gasteiger partial charge in [-0.3, -0.25) is 4.79 Å². The highest BCUT2D eigenvalue weighted by Gasteiger charge is 2.27. The Balaban J connectivity index is 1.94. The molecule has 6 heteroatoms. The zero-order valence-electron chi connectivity index (χ0n) is 10.6. The molecule has 98 valence electrons. The molecule has 0 radical (unpaired) electrons. The summed E-state index contributed by atoms with van der Waals surface area (Å²) in [4.78, 5) is 19.2. The molecule has 0 unspecified atom stereocenters. The minimum Gasteiger partial charge on any atom is -0.481 e. The number of rotatable bonds is 6. The molecule has 3 N–H and O–H groups in total. The molecule has 2 rings (SSSR count). The van der Waals surface area contributed by atoms with Gasteiger partial charge in [0.05, 0.1) is 5.41 Å². The zero-order valence-corrected chi connectivity index (χ0v) is 10.6. The number of hydrogen-bond donors (Lipinski definition) is 3. The Kier molecular flexibility index (Phi) is 3.36. The van der Waals surface area contributed by atoms with Crippen molar-refractivity contribution in [3.05, 3.63) is 12.4 Å². The van der Waals surface area contributed by atoms with Crippen LogP contribution in [-0.4, -0.2) is 33.6 Å². The third kappa shape index (κ3) is 3.32. The maximum absolute atomic E-state index is 11.0. The molecule has 0 saturated heterocycles. The normalized spacial score (nSPS) is 15.2. The van der Waals surface area contributed by atoms with Crippen LogP contribution in [0.2, 0.25) is 0 Å². The molecule has 1 fully saturated rings. The Morgan fingerprint density at radius 2 is 2.11 bits per heavy atom. The van der Waals surface area contributed by atoms with Crippen molar-refractivity contribution >= 4 is 17.6 Å². The number of nitrogens with one attached hydrogen (secondary N) is 2. The highest BCUT2D eigenvalue weighted by Crippen LogP contribution is 2.24. The molecular formula is C12H18N4O2. The third-order valence-corrected chi connectivity index (χ3v) is 2.89. The molecule has 18 heavy (non-hydrogen) atoms. The second kappa shape index (κ2) is 4.80. The molecule has 0 amide bonds. The fourth-order valence-corrected chi connectivity index (χ4v) is 1.36. The molecule has 1 saturated carbocycles. The molecule has 0 spiro atoms. The zero-order chi connectivity index (χ0) is 13.2. The number of nitrogens with zero attached hydrogens (tertiary/aromatic N) is 2. The predicted molar refractivity (Wildman–Crippen MR) is 68.6 cm³/mol. The van der Waals surface area contributed by atoms with E-state index >= 15 is 0 Å². The molecule has 1 aliphatic rings. The SMILES string of the molecule is CC(C)(CNc1cc(NC2CC2)ncn1)C(=O)O. The summed E-state index contributed by atoms with van der Waals surface area (Å²) in [5.41, 5.74) is -0.824. The van der Waals surface area contributed by atoms with E-state index in [2.05, 4.69) is 20.6 Å². The van der Waals surface area contributed by atoms with E-state index in [-0.39, 0.29) is 0 Å². The molecular weight excluding hydrogens is 232 g/mol. The van der Waals surface area contributed by atoms with Gasteiger partial charge in [0.2, 0.25) is 0 Å². The Labute approximate surface area is 106 Å². The van der Waals surface area contributed by atoms with Crippen LogP contribution in [0.15, 0.2) is 12.4 Å². The summed E-state index contributed by atoms with van der Waals surface area (Å²) in [6.45, 7) is 3.67. The maximum atomic E-state index is 11.0. The van der Waals surface area contributed by atoms with Crippen molar-refractivity contribution in [3.8, 4) is 0 Å². The lowest BCUT2D eigenvalue weighted by atomic mass is 9.94. The average molecular weight is 250 g/mol. The molecule has 0 bridgehead atoms. The molecule has 6 nitrogen and oxygen atoms in total. The molecule has 0 atom stereocenters. The van der Waals surface area contributed by atoms with Gasteiger partial charge in [0.25, 0.3) is 0 Å². The van der Waals surface area contributed by atoms with Crippen LogP contribution >= 0.6 is 0 Å². The van der Waals surface area contributed by atoms with Crippen molar-refractivity contribution in [1.82, 2.24) is 9.97 Å². The number of hydrogen-bond acceptors (Lipinski definition) is 5. The van der Waals surface area contributed by atoms with Gasteiger partial charge in [-0.15, -0.1) is 0 Å². The quantitative estimate of drug-likeness (QED) is 0.710. The Bertz CT molecular complexity index is 443. The molecule has 1 aromatic heterocycles. The van der Waals surface area contributed by atoms with Crippen LogP contribution < -0.4 is 10.6 Å². The smallest absolute Gasteiger partial charge is 0.310 e. The highest BCUT2D eigenvalue weighted by atomic mass is 16.4. The second-order valence-electron chi connectivity index (χ2n) is 5.25. The summed E-state index contributed by atoms with van der Waals surface area (Å²) < 4.78 is 0. The van der Waals surface area contributed by atoms with Gasteiger partial charge in [0, 0.05) is 18.7 Å². The van der Waals surface area contributed by atoms with Crippen LogP contribution in [0.25, 0.3) is 0 Å². The molecule has 1 aliphatic carbocycles. The molecule has 0 aliphatic heterocycles. The Morgan fingerprint density at radius 3 is 2.72 bits per heavy atom. The predicted octanol–water partition coefficient (Wildman–Crippen LogP) is 1.57. The lowest BCUT2D eigenvalue weighted by Gasteiger charge is -2.19. The summed E-state index contributed by atoms with van der Waals surface area (Å²) >= 11 is 0. The summed E-state index contributed by atoms with van der Waals surface area (Å²) in [5, 5.41) is 15.3. The van der Waals surface area contributed by atoms with E-state index in [0.29, 0.717) is 18.4 Å². The number of anilines is 2. The molecule has 0 aromatic carbocycles. The van der Waals surface area contributed by atoms with Crippen molar-refractivity contribution in [1.29, 1.82) is 0 Å². The number of carbonyl (C=O) groups is 1. The first-order valence-corrected chi connectivity index (χ1v) is 6.03. The van der Waals surface area contributed by atoms with Crippen LogP contribution in [-0.2, 0) is 4.79 Å². The van der Waals surface area contributed by atoms with Gasteiger partial charge in [-0.1, -0.05) is 0 Å². The first-order chi connectivity index (χ1) is 8.47. The highest BCUT2D eigenvalue weighted by molar-refractivity contribution is 5.74. The fourth-order valence-electron chi connectivity index (χ4n) is 1.36. The van der Waals surface area contributed by atoms with Gasteiger partial charge < -0.3 is 15.7 Å². The topological polar surface area (TPSA) is 87.1 Å². The standard InChI is InChI=1S/C12H18N4O2/c1-12(2,11(17)18)6-13-9-5-10(15-7-14-9)16-8-3-4-8/h5,7-8H,3-4,6H2,1-2H3,(H,17,18)(H2,13,14,15,16). The molecule has 1 heterocycles. The fraction of sp³-hybridized carbons (Fsp3) is 0.583. The monoisotopic (exact) mass is 250 g/mol. The summed E-state index contributed by atoms with van der Waals surface area (Å²) in [6, 6.07) is 2.33. The van der Waals surface area contributed by atoms with Crippen molar-refractivity contribution in [3.63, 3.8) is 0 Å². The van der Waals surface area contributed by atoms with Crippen molar-refractivity contribution in [2.75, 3.05) is 17.2 Å². The third-order valence-electron chi connectivity index (χ3n) is 2.89. The van der Waals surface area contributed by atoms with Crippen molar-refractivity contribution < 1.29 is 9.90 Å². The van der Waals surface area contributed by atoms with Crippen LogP contribution in [0.5, 0.6) is 0 Å². The van der Waals surface area contributed by atoms with E-state index in [4.69, 9.17) is 5.11 Å². The average Bonchev–Trinajstić information content (AvgIpc) is 3.11. The van der Waals surface area contributed by atoms with Gasteiger partial charge in [-0.05, 0) is 26.7 Å². The van der Waals surface area contributed by atoms with E-state index in [0.717, 1.165) is 5.82 Å². The van der Waals surface area contributed by atoms with Crippen LogP contribution in [0.1, 0.15) is 26.7 Å². The van der Waals surface area contributed by atoms with E-state index in [1.54, 1.807) is 19.9 Å². The van der Waals surface area contributed by atoms with Crippen LogP contribution in [0.4, 0.5) is 11.6 Å². The van der Waals surface area contributed by atoms with Crippen LogP contribution in [0.3, 0.4) is 0 Å². The minimum atomic E-state index is -0.833. The largest absolute Gasteiger partial charge is 0.481 e. The van der Waals surface area contributed by atoms with E-state index < -0.39 is 11.4 Å². The number of aliphatic carboxylic acids is 1. The minimum absolute atomic E-state index is 0.322. The van der Waals surface area contributed by atoms with E-state index in [1.165, 1.54) is 19.2 Å². The van der Waals surface area contributed by atoms with Gasteiger partial charge in [0.1, 0.15) is 18.0 Å². The number of carboxylic acid groups (broad SMARTS) is 1. The van der Waals surface area contributed by atoms with E-state index in [9.17, 15) is 4.79 Å². The Hall–Kier alpha value is -1.85. The van der Waals surface area contributed by atoms with Gasteiger partial charge >= 0.3 is 5.97 Å². The lowest BCUT2D eigenvalue weighted by Crippen LogP contribution is -2.32. The summed E-state index contributed by atoms with van der Waals surface area (Å²) in [5.74, 6) is 0.589. The first kappa shape index (κ1) is 12.6. The number of aromatic nitrogens is 2. The van der Waals surface area contributed by atoms with Crippen molar-refractivity contribution in [2.24, 2.45) is 5.41 Å².